The first-order chi connectivity index (χ1) is 12.3. The number of piperazine rings is 1. The molecule has 1 aliphatic heterocycles. The third-order valence-electron chi connectivity index (χ3n) is 4.76. The number of nitrogens with zero attached hydrogens (tertiary/aromatic N) is 4. The maximum atomic E-state index is 4.87. The SMILES string of the molecule is CCC(c1ccccc1)N1CCN(C(=NC)NCc2ccon2)CC1. The van der Waals surface area contributed by atoms with Crippen LogP contribution in [0, 0.1) is 0 Å². The van der Waals surface area contributed by atoms with Crippen molar-refractivity contribution in [1.82, 2.24) is 20.3 Å². The van der Waals surface area contributed by atoms with Gasteiger partial charge in [-0.1, -0.05) is 42.4 Å². The second-order valence-electron chi connectivity index (χ2n) is 6.25. The third kappa shape index (κ3) is 4.39. The Kier molecular flexibility index (Phi) is 6.06. The zero-order chi connectivity index (χ0) is 17.5. The van der Waals surface area contributed by atoms with Crippen LogP contribution in [0.2, 0.25) is 0 Å². The predicted molar refractivity (Wildman–Crippen MR) is 99.3 cm³/mol. The highest BCUT2D eigenvalue weighted by Crippen LogP contribution is 2.25. The summed E-state index contributed by atoms with van der Waals surface area (Å²) in [6.07, 6.45) is 2.72. The Morgan fingerprint density at radius 2 is 1.96 bits per heavy atom. The Labute approximate surface area is 149 Å². The van der Waals surface area contributed by atoms with Crippen molar-refractivity contribution in [2.24, 2.45) is 4.99 Å². The maximum Gasteiger partial charge on any atom is 0.194 e. The van der Waals surface area contributed by atoms with E-state index in [1.54, 1.807) is 6.26 Å². The van der Waals surface area contributed by atoms with Crippen molar-refractivity contribution in [3.8, 4) is 0 Å². The van der Waals surface area contributed by atoms with E-state index in [9.17, 15) is 0 Å². The van der Waals surface area contributed by atoms with Gasteiger partial charge in [0.2, 0.25) is 0 Å². The largest absolute Gasteiger partial charge is 0.364 e. The van der Waals surface area contributed by atoms with Crippen molar-refractivity contribution >= 4 is 5.96 Å². The predicted octanol–water partition coefficient (Wildman–Crippen LogP) is 2.52. The Morgan fingerprint density at radius 3 is 2.56 bits per heavy atom. The van der Waals surface area contributed by atoms with Crippen molar-refractivity contribution < 1.29 is 4.52 Å². The Morgan fingerprint density at radius 1 is 1.20 bits per heavy atom. The lowest BCUT2D eigenvalue weighted by Gasteiger charge is -2.40. The van der Waals surface area contributed by atoms with Crippen molar-refractivity contribution in [1.29, 1.82) is 0 Å². The first-order valence-corrected chi connectivity index (χ1v) is 8.95. The van der Waals surface area contributed by atoms with E-state index < -0.39 is 0 Å². The van der Waals surface area contributed by atoms with Gasteiger partial charge < -0.3 is 14.7 Å². The second-order valence-corrected chi connectivity index (χ2v) is 6.25. The molecule has 0 aliphatic carbocycles. The van der Waals surface area contributed by atoms with Crippen LogP contribution in [-0.2, 0) is 6.54 Å². The molecule has 0 radical (unpaired) electrons. The lowest BCUT2D eigenvalue weighted by Crippen LogP contribution is -2.52. The molecule has 0 spiro atoms. The van der Waals surface area contributed by atoms with E-state index in [0.29, 0.717) is 12.6 Å². The summed E-state index contributed by atoms with van der Waals surface area (Å²) in [5, 5.41) is 7.29. The van der Waals surface area contributed by atoms with Gasteiger partial charge in [-0.25, -0.2) is 0 Å². The number of hydrogen-bond acceptors (Lipinski definition) is 4. The average molecular weight is 341 g/mol. The van der Waals surface area contributed by atoms with Crippen LogP contribution < -0.4 is 5.32 Å². The van der Waals surface area contributed by atoms with E-state index in [2.05, 4.69) is 62.5 Å². The van der Waals surface area contributed by atoms with Crippen molar-refractivity contribution in [3.63, 3.8) is 0 Å². The molecule has 6 heteroatoms. The van der Waals surface area contributed by atoms with Crippen LogP contribution in [0.15, 0.2) is 52.2 Å². The molecular weight excluding hydrogens is 314 g/mol. The zero-order valence-corrected chi connectivity index (χ0v) is 15.1. The van der Waals surface area contributed by atoms with Crippen LogP contribution in [0.1, 0.15) is 30.6 Å². The fraction of sp³-hybridized carbons (Fsp3) is 0.474. The van der Waals surface area contributed by atoms with Crippen LogP contribution in [0.4, 0.5) is 0 Å². The van der Waals surface area contributed by atoms with Gasteiger partial charge >= 0.3 is 0 Å². The molecule has 6 nitrogen and oxygen atoms in total. The molecule has 134 valence electrons. The Bertz CT molecular complexity index is 648. The average Bonchev–Trinajstić information content (AvgIpc) is 3.18. The molecule has 1 unspecified atom stereocenters. The van der Waals surface area contributed by atoms with Crippen LogP contribution in [-0.4, -0.2) is 54.1 Å². The van der Waals surface area contributed by atoms with Gasteiger partial charge in [0, 0.05) is 45.3 Å². The number of benzene rings is 1. The third-order valence-corrected chi connectivity index (χ3v) is 4.76. The highest BCUT2D eigenvalue weighted by Gasteiger charge is 2.25. The van der Waals surface area contributed by atoms with Crippen molar-refractivity contribution in [3.05, 3.63) is 53.9 Å². The van der Waals surface area contributed by atoms with Gasteiger partial charge in [-0.2, -0.15) is 0 Å². The van der Waals surface area contributed by atoms with Gasteiger partial charge in [-0.05, 0) is 12.0 Å². The maximum absolute atomic E-state index is 4.87. The lowest BCUT2D eigenvalue weighted by atomic mass is 10.0. The summed E-state index contributed by atoms with van der Waals surface area (Å²) in [5.41, 5.74) is 2.29. The summed E-state index contributed by atoms with van der Waals surface area (Å²) in [6.45, 7) is 6.92. The quantitative estimate of drug-likeness (QED) is 0.669. The fourth-order valence-electron chi connectivity index (χ4n) is 3.46. The second kappa shape index (κ2) is 8.67. The highest BCUT2D eigenvalue weighted by molar-refractivity contribution is 5.79. The number of rotatable bonds is 5. The molecular formula is C19H27N5O. The zero-order valence-electron chi connectivity index (χ0n) is 15.1. The van der Waals surface area contributed by atoms with Crippen molar-refractivity contribution in [2.45, 2.75) is 25.9 Å². The minimum absolute atomic E-state index is 0.494. The molecule has 2 heterocycles. The van der Waals surface area contributed by atoms with E-state index in [-0.39, 0.29) is 0 Å². The molecule has 1 fully saturated rings. The number of aromatic nitrogens is 1. The molecule has 1 aromatic carbocycles. The molecule has 1 N–H and O–H groups in total. The smallest absolute Gasteiger partial charge is 0.194 e. The number of aliphatic imine (C=N–C) groups is 1. The molecule has 1 atom stereocenters. The molecule has 1 aromatic heterocycles. The summed E-state index contributed by atoms with van der Waals surface area (Å²) in [7, 11) is 1.83. The topological polar surface area (TPSA) is 56.9 Å². The van der Waals surface area contributed by atoms with Gasteiger partial charge in [-0.3, -0.25) is 9.89 Å². The summed E-state index contributed by atoms with van der Waals surface area (Å²) >= 11 is 0. The van der Waals surface area contributed by atoms with Gasteiger partial charge in [0.05, 0.1) is 6.54 Å². The van der Waals surface area contributed by atoms with Gasteiger partial charge in [0.1, 0.15) is 12.0 Å². The fourth-order valence-corrected chi connectivity index (χ4v) is 3.46. The first kappa shape index (κ1) is 17.5. The van der Waals surface area contributed by atoms with Crippen LogP contribution in [0.25, 0.3) is 0 Å². The van der Waals surface area contributed by atoms with E-state index in [1.807, 2.05) is 13.1 Å². The summed E-state index contributed by atoms with van der Waals surface area (Å²) in [6, 6.07) is 13.2. The molecule has 2 aromatic rings. The minimum atomic E-state index is 0.494. The normalized spacial score (nSPS) is 17.5. The van der Waals surface area contributed by atoms with E-state index in [1.165, 1.54) is 5.56 Å². The first-order valence-electron chi connectivity index (χ1n) is 8.95. The Hall–Kier alpha value is -2.34. The molecule has 3 rings (SSSR count). The van der Waals surface area contributed by atoms with Crippen LogP contribution in [0.3, 0.4) is 0 Å². The van der Waals surface area contributed by atoms with E-state index in [0.717, 1.165) is 44.3 Å². The number of hydrogen-bond donors (Lipinski definition) is 1. The monoisotopic (exact) mass is 341 g/mol. The number of guanidine groups is 1. The molecule has 0 amide bonds. The van der Waals surface area contributed by atoms with Crippen molar-refractivity contribution in [2.75, 3.05) is 33.2 Å². The summed E-state index contributed by atoms with van der Waals surface area (Å²) in [5.74, 6) is 0.926. The van der Waals surface area contributed by atoms with E-state index >= 15 is 0 Å². The lowest BCUT2D eigenvalue weighted by molar-refractivity contribution is 0.127. The number of nitrogens with one attached hydrogen (secondary N) is 1. The van der Waals surface area contributed by atoms with Gasteiger partial charge in [-0.15, -0.1) is 0 Å². The molecule has 0 saturated carbocycles. The summed E-state index contributed by atoms with van der Waals surface area (Å²) < 4.78 is 4.87. The summed E-state index contributed by atoms with van der Waals surface area (Å²) in [4.78, 5) is 9.31. The van der Waals surface area contributed by atoms with E-state index in [4.69, 9.17) is 4.52 Å². The molecule has 1 saturated heterocycles. The Balaban J connectivity index is 1.55. The van der Waals surface area contributed by atoms with Crippen LogP contribution in [0.5, 0.6) is 0 Å². The molecule has 25 heavy (non-hydrogen) atoms. The van der Waals surface area contributed by atoms with Crippen LogP contribution >= 0.6 is 0 Å². The molecule has 0 bridgehead atoms. The molecule has 1 aliphatic rings. The van der Waals surface area contributed by atoms with Gasteiger partial charge in [0.25, 0.3) is 0 Å². The highest BCUT2D eigenvalue weighted by atomic mass is 16.5. The van der Waals surface area contributed by atoms with Gasteiger partial charge in [0.15, 0.2) is 5.96 Å². The standard InChI is InChI=1S/C19H27N5O/c1-3-18(16-7-5-4-6-8-16)23-10-12-24(13-11-23)19(20-2)21-15-17-9-14-25-22-17/h4-9,14,18H,3,10-13,15H2,1-2H3,(H,20,21). The minimum Gasteiger partial charge on any atom is -0.364 e.